The maximum atomic E-state index is 3.85. The molecule has 0 nitrogen and oxygen atoms in total. The molecule has 0 aliphatic rings. The van der Waals surface area contributed by atoms with Crippen LogP contribution in [0.15, 0.2) is 60.7 Å². The van der Waals surface area contributed by atoms with Gasteiger partial charge in [-0.15, -0.1) is 0 Å². The highest BCUT2D eigenvalue weighted by Gasteiger charge is 1.96. The second-order valence-electron chi connectivity index (χ2n) is 4.21. The first-order valence-electron chi connectivity index (χ1n) is 6.32. The van der Waals surface area contributed by atoms with Gasteiger partial charge in [0.15, 0.2) is 0 Å². The van der Waals surface area contributed by atoms with Gasteiger partial charge in [0.2, 0.25) is 0 Å². The second kappa shape index (κ2) is 7.67. The fourth-order valence-corrected chi connectivity index (χ4v) is 1.77. The molecule has 1 aromatic carbocycles. The molecular weight excluding hydrogens is 204 g/mol. The van der Waals surface area contributed by atoms with Crippen LogP contribution in [-0.2, 0) is 12.8 Å². The molecule has 1 rings (SSSR count). The van der Waals surface area contributed by atoms with Crippen LogP contribution in [0.3, 0.4) is 0 Å². The van der Waals surface area contributed by atoms with E-state index in [0.29, 0.717) is 0 Å². The summed E-state index contributed by atoms with van der Waals surface area (Å²) in [5.74, 6) is 0. The molecule has 0 saturated heterocycles. The minimum absolute atomic E-state index is 0.959. The molecule has 0 bridgehead atoms. The Bertz CT molecular complexity index is 391. The molecule has 0 saturated carbocycles. The van der Waals surface area contributed by atoms with E-state index in [2.05, 4.69) is 49.9 Å². The normalized spacial score (nSPS) is 12.0. The SMILES string of the molecule is C=C/C(=C\C=C/C)Cc1ccc(CCC)cc1. The van der Waals surface area contributed by atoms with Gasteiger partial charge < -0.3 is 0 Å². The summed E-state index contributed by atoms with van der Waals surface area (Å²) in [5, 5.41) is 0. The average Bonchev–Trinajstić information content (AvgIpc) is 2.37. The summed E-state index contributed by atoms with van der Waals surface area (Å²) < 4.78 is 0. The van der Waals surface area contributed by atoms with Gasteiger partial charge in [0.1, 0.15) is 0 Å². The lowest BCUT2D eigenvalue weighted by Crippen LogP contribution is -1.89. The first-order chi connectivity index (χ1) is 8.30. The predicted molar refractivity (Wildman–Crippen MR) is 77.2 cm³/mol. The smallest absolute Gasteiger partial charge is 0.00260 e. The van der Waals surface area contributed by atoms with E-state index >= 15 is 0 Å². The Morgan fingerprint density at radius 3 is 2.35 bits per heavy atom. The van der Waals surface area contributed by atoms with E-state index in [1.165, 1.54) is 29.5 Å². The molecular formula is C17H22. The molecule has 1 aromatic rings. The van der Waals surface area contributed by atoms with E-state index in [0.717, 1.165) is 6.42 Å². The van der Waals surface area contributed by atoms with Gasteiger partial charge in [0.05, 0.1) is 0 Å². The van der Waals surface area contributed by atoms with Crippen molar-refractivity contribution in [3.63, 3.8) is 0 Å². The zero-order valence-electron chi connectivity index (χ0n) is 10.9. The summed E-state index contributed by atoms with van der Waals surface area (Å²) in [7, 11) is 0. The van der Waals surface area contributed by atoms with Gasteiger partial charge in [-0.2, -0.15) is 0 Å². The number of hydrogen-bond donors (Lipinski definition) is 0. The van der Waals surface area contributed by atoms with Crippen molar-refractivity contribution in [2.45, 2.75) is 33.1 Å². The van der Waals surface area contributed by atoms with E-state index in [9.17, 15) is 0 Å². The van der Waals surface area contributed by atoms with E-state index < -0.39 is 0 Å². The first kappa shape index (κ1) is 13.5. The van der Waals surface area contributed by atoms with Crippen LogP contribution in [0.5, 0.6) is 0 Å². The van der Waals surface area contributed by atoms with Gasteiger partial charge in [-0.1, -0.05) is 68.5 Å². The van der Waals surface area contributed by atoms with Gasteiger partial charge in [0.25, 0.3) is 0 Å². The molecule has 0 unspecified atom stereocenters. The molecule has 0 amide bonds. The summed E-state index contributed by atoms with van der Waals surface area (Å²) in [6.45, 7) is 8.09. The fourth-order valence-electron chi connectivity index (χ4n) is 1.77. The molecule has 0 fully saturated rings. The van der Waals surface area contributed by atoms with Crippen molar-refractivity contribution < 1.29 is 0 Å². The lowest BCUT2D eigenvalue weighted by atomic mass is 10.0. The van der Waals surface area contributed by atoms with E-state index in [1.54, 1.807) is 0 Å². The Kier molecular flexibility index (Phi) is 6.09. The van der Waals surface area contributed by atoms with Crippen molar-refractivity contribution in [3.8, 4) is 0 Å². The highest BCUT2D eigenvalue weighted by atomic mass is 14.0. The molecule has 17 heavy (non-hydrogen) atoms. The average molecular weight is 226 g/mol. The lowest BCUT2D eigenvalue weighted by molar-refractivity contribution is 0.920. The summed E-state index contributed by atoms with van der Waals surface area (Å²) in [6.07, 6.45) is 11.5. The van der Waals surface area contributed by atoms with Gasteiger partial charge in [-0.25, -0.2) is 0 Å². The third-order valence-electron chi connectivity index (χ3n) is 2.73. The Morgan fingerprint density at radius 1 is 1.18 bits per heavy atom. The summed E-state index contributed by atoms with van der Waals surface area (Å²) >= 11 is 0. The maximum absolute atomic E-state index is 3.85. The zero-order chi connectivity index (χ0) is 12.5. The molecule has 0 heteroatoms. The predicted octanol–water partition coefficient (Wildman–Crippen LogP) is 4.87. The highest BCUT2D eigenvalue weighted by molar-refractivity contribution is 5.31. The second-order valence-corrected chi connectivity index (χ2v) is 4.21. The third-order valence-corrected chi connectivity index (χ3v) is 2.73. The number of allylic oxidation sites excluding steroid dienone is 5. The van der Waals surface area contributed by atoms with Crippen LogP contribution in [0.25, 0.3) is 0 Å². The van der Waals surface area contributed by atoms with Crippen molar-refractivity contribution >= 4 is 0 Å². The van der Waals surface area contributed by atoms with Crippen LogP contribution < -0.4 is 0 Å². The van der Waals surface area contributed by atoms with Crippen LogP contribution in [0.4, 0.5) is 0 Å². The molecule has 0 N–H and O–H groups in total. The van der Waals surface area contributed by atoms with E-state index in [-0.39, 0.29) is 0 Å². The lowest BCUT2D eigenvalue weighted by Gasteiger charge is -2.04. The summed E-state index contributed by atoms with van der Waals surface area (Å²) in [4.78, 5) is 0. The molecule has 0 radical (unpaired) electrons. The summed E-state index contributed by atoms with van der Waals surface area (Å²) in [6, 6.07) is 8.90. The van der Waals surface area contributed by atoms with Gasteiger partial charge in [0, 0.05) is 0 Å². The standard InChI is InChI=1S/C17H22/c1-4-7-9-15(6-3)14-17-12-10-16(8-5-2)11-13-17/h4,6-7,9-13H,3,5,8,14H2,1-2H3/b7-4-,15-9+. The molecule has 0 spiro atoms. The number of hydrogen-bond acceptors (Lipinski definition) is 0. The molecule has 0 atom stereocenters. The molecule has 90 valence electrons. The van der Waals surface area contributed by atoms with Crippen molar-refractivity contribution in [3.05, 3.63) is 71.8 Å². The number of rotatable bonds is 6. The first-order valence-corrected chi connectivity index (χ1v) is 6.32. The number of aryl methyl sites for hydroxylation is 1. The molecule has 0 aliphatic heterocycles. The highest BCUT2D eigenvalue weighted by Crippen LogP contribution is 2.12. The van der Waals surface area contributed by atoms with Crippen molar-refractivity contribution in [1.82, 2.24) is 0 Å². The Balaban J connectivity index is 2.70. The van der Waals surface area contributed by atoms with Crippen LogP contribution in [0.2, 0.25) is 0 Å². The summed E-state index contributed by atoms with van der Waals surface area (Å²) in [5.41, 5.74) is 4.03. The largest absolute Gasteiger partial charge is 0.0988 e. The Hall–Kier alpha value is -1.56. The van der Waals surface area contributed by atoms with Crippen molar-refractivity contribution in [2.24, 2.45) is 0 Å². The van der Waals surface area contributed by atoms with Crippen LogP contribution >= 0.6 is 0 Å². The van der Waals surface area contributed by atoms with Crippen molar-refractivity contribution in [1.29, 1.82) is 0 Å². The Morgan fingerprint density at radius 2 is 1.82 bits per heavy atom. The van der Waals surface area contributed by atoms with E-state index in [4.69, 9.17) is 0 Å². The van der Waals surface area contributed by atoms with Crippen LogP contribution in [0, 0.1) is 0 Å². The Labute approximate surface area is 105 Å². The van der Waals surface area contributed by atoms with Crippen molar-refractivity contribution in [2.75, 3.05) is 0 Å². The zero-order valence-corrected chi connectivity index (χ0v) is 10.9. The van der Waals surface area contributed by atoms with E-state index in [1.807, 2.05) is 19.1 Å². The topological polar surface area (TPSA) is 0 Å². The van der Waals surface area contributed by atoms with Gasteiger partial charge in [-0.3, -0.25) is 0 Å². The monoisotopic (exact) mass is 226 g/mol. The van der Waals surface area contributed by atoms with Gasteiger partial charge >= 0.3 is 0 Å². The minimum atomic E-state index is 0.959. The molecule has 0 aliphatic carbocycles. The van der Waals surface area contributed by atoms with Crippen LogP contribution in [0.1, 0.15) is 31.4 Å². The fraction of sp³-hybridized carbons (Fsp3) is 0.294. The van der Waals surface area contributed by atoms with Gasteiger partial charge in [-0.05, 0) is 36.5 Å². The van der Waals surface area contributed by atoms with Crippen LogP contribution in [-0.4, -0.2) is 0 Å². The maximum Gasteiger partial charge on any atom is -0.00260 e. The third kappa shape index (κ3) is 4.86. The molecule has 0 aromatic heterocycles. The quantitative estimate of drug-likeness (QED) is 0.607. The number of benzene rings is 1. The molecule has 0 heterocycles. The minimum Gasteiger partial charge on any atom is -0.0988 e.